The Bertz CT molecular complexity index is 511. The molecule has 0 aliphatic rings. The van der Waals surface area contributed by atoms with Crippen LogP contribution in [0.4, 0.5) is 13.2 Å². The number of rotatable bonds is 2. The lowest BCUT2D eigenvalue weighted by molar-refractivity contribution is -0.137. The molecule has 0 amide bonds. The van der Waals surface area contributed by atoms with Gasteiger partial charge in [-0.2, -0.15) is 18.4 Å². The molecule has 0 aromatic heterocycles. The molecule has 3 nitrogen and oxygen atoms in total. The van der Waals surface area contributed by atoms with Gasteiger partial charge in [-0.05, 0) is 24.3 Å². The van der Waals surface area contributed by atoms with Crippen LogP contribution >= 0.6 is 0 Å². The van der Waals surface area contributed by atoms with Crippen LogP contribution < -0.4 is 0 Å². The first kappa shape index (κ1) is 12.5. The lowest BCUT2D eigenvalue weighted by atomic mass is 10.2. The Balaban J connectivity index is 3.11. The quantitative estimate of drug-likeness (QED) is 0.805. The minimum atomic E-state index is -4.50. The average Bonchev–Trinajstić information content (AvgIpc) is 2.16. The van der Waals surface area contributed by atoms with Gasteiger partial charge in [0, 0.05) is 0 Å². The van der Waals surface area contributed by atoms with Gasteiger partial charge in [0.25, 0.3) is 0 Å². The van der Waals surface area contributed by atoms with Crippen molar-refractivity contribution in [1.29, 1.82) is 5.26 Å². The van der Waals surface area contributed by atoms with Gasteiger partial charge in [-0.3, -0.25) is 0 Å². The molecule has 0 saturated carbocycles. The second-order valence-corrected chi connectivity index (χ2v) is 4.93. The van der Waals surface area contributed by atoms with Crippen molar-refractivity contribution in [3.63, 3.8) is 0 Å². The van der Waals surface area contributed by atoms with E-state index in [0.29, 0.717) is 12.1 Å². The molecule has 1 rings (SSSR count). The van der Waals surface area contributed by atoms with Crippen molar-refractivity contribution < 1.29 is 21.6 Å². The average molecular weight is 249 g/mol. The van der Waals surface area contributed by atoms with Crippen LogP contribution in [0, 0.1) is 11.3 Å². The van der Waals surface area contributed by atoms with Gasteiger partial charge in [-0.15, -0.1) is 0 Å². The Labute approximate surface area is 90.0 Å². The summed E-state index contributed by atoms with van der Waals surface area (Å²) >= 11 is 0. The summed E-state index contributed by atoms with van der Waals surface area (Å²) in [7, 11) is -3.80. The summed E-state index contributed by atoms with van der Waals surface area (Å²) in [6.07, 6.45) is -4.50. The molecule has 0 unspecified atom stereocenters. The fourth-order valence-electron chi connectivity index (χ4n) is 1.02. The van der Waals surface area contributed by atoms with Crippen molar-refractivity contribution >= 4 is 9.84 Å². The molecule has 0 aliphatic carbocycles. The highest BCUT2D eigenvalue weighted by molar-refractivity contribution is 7.91. The van der Waals surface area contributed by atoms with Gasteiger partial charge in [0.2, 0.25) is 0 Å². The molecule has 0 radical (unpaired) electrons. The summed E-state index contributed by atoms with van der Waals surface area (Å²) in [5.41, 5.74) is -0.927. The van der Waals surface area contributed by atoms with Crippen LogP contribution in [0.1, 0.15) is 5.56 Å². The Morgan fingerprint density at radius 1 is 1.19 bits per heavy atom. The maximum atomic E-state index is 12.2. The molecule has 0 atom stereocenters. The summed E-state index contributed by atoms with van der Waals surface area (Å²) in [4.78, 5) is -0.290. The maximum Gasteiger partial charge on any atom is 0.416 e. The van der Waals surface area contributed by atoms with E-state index in [9.17, 15) is 21.6 Å². The molecular weight excluding hydrogens is 243 g/mol. The van der Waals surface area contributed by atoms with E-state index < -0.39 is 27.3 Å². The van der Waals surface area contributed by atoms with Crippen LogP contribution in [-0.2, 0) is 16.0 Å². The molecule has 0 saturated heterocycles. The van der Waals surface area contributed by atoms with Gasteiger partial charge in [-0.1, -0.05) is 0 Å². The number of sulfone groups is 1. The summed E-state index contributed by atoms with van der Waals surface area (Å²) in [6.45, 7) is 0. The SMILES string of the molecule is N#CCS(=O)(=O)c1ccc(C(F)(F)F)cc1. The van der Waals surface area contributed by atoms with Gasteiger partial charge < -0.3 is 0 Å². The van der Waals surface area contributed by atoms with Crippen molar-refractivity contribution in [2.24, 2.45) is 0 Å². The molecule has 1 aromatic carbocycles. The molecule has 86 valence electrons. The van der Waals surface area contributed by atoms with E-state index in [4.69, 9.17) is 5.26 Å². The number of hydrogen-bond acceptors (Lipinski definition) is 3. The molecule has 0 spiro atoms. The lowest BCUT2D eigenvalue weighted by Crippen LogP contribution is -2.08. The van der Waals surface area contributed by atoms with Gasteiger partial charge in [0.05, 0.1) is 16.5 Å². The predicted molar refractivity (Wildman–Crippen MR) is 49.1 cm³/mol. The molecule has 0 N–H and O–H groups in total. The second kappa shape index (κ2) is 4.14. The van der Waals surface area contributed by atoms with Gasteiger partial charge in [0.15, 0.2) is 9.84 Å². The zero-order valence-corrected chi connectivity index (χ0v) is 8.64. The fraction of sp³-hybridized carbons (Fsp3) is 0.222. The Morgan fingerprint density at radius 3 is 2.06 bits per heavy atom. The molecule has 16 heavy (non-hydrogen) atoms. The number of benzene rings is 1. The smallest absolute Gasteiger partial charge is 0.223 e. The highest BCUT2D eigenvalue weighted by Gasteiger charge is 2.30. The van der Waals surface area contributed by atoms with E-state index in [-0.39, 0.29) is 4.90 Å². The Kier molecular flexibility index (Phi) is 3.24. The first-order chi connectivity index (χ1) is 7.27. The van der Waals surface area contributed by atoms with Crippen LogP contribution in [0.25, 0.3) is 0 Å². The largest absolute Gasteiger partial charge is 0.416 e. The summed E-state index contributed by atoms with van der Waals surface area (Å²) in [5.74, 6) is -0.752. The van der Waals surface area contributed by atoms with E-state index in [1.165, 1.54) is 6.07 Å². The first-order valence-corrected chi connectivity index (χ1v) is 5.69. The molecular formula is C9H6F3NO2S. The molecule has 0 fully saturated rings. The van der Waals surface area contributed by atoms with E-state index >= 15 is 0 Å². The summed E-state index contributed by atoms with van der Waals surface area (Å²) in [6, 6.07) is 4.47. The van der Waals surface area contributed by atoms with Crippen molar-refractivity contribution in [2.45, 2.75) is 11.1 Å². The topological polar surface area (TPSA) is 57.9 Å². The fourth-order valence-corrected chi connectivity index (χ4v) is 1.91. The van der Waals surface area contributed by atoms with Crippen molar-refractivity contribution in [2.75, 3.05) is 5.75 Å². The monoisotopic (exact) mass is 249 g/mol. The first-order valence-electron chi connectivity index (χ1n) is 4.04. The third-order valence-electron chi connectivity index (χ3n) is 1.80. The summed E-state index contributed by atoms with van der Waals surface area (Å²) in [5, 5.41) is 8.24. The standard InChI is InChI=1S/C9H6F3NO2S/c10-9(11,12)7-1-3-8(4-2-7)16(14,15)6-5-13/h1-4H,6H2. The zero-order chi connectivity index (χ0) is 12.4. The van der Waals surface area contributed by atoms with E-state index in [0.717, 1.165) is 12.1 Å². The molecule has 7 heteroatoms. The normalized spacial score (nSPS) is 12.1. The van der Waals surface area contributed by atoms with E-state index in [2.05, 4.69) is 0 Å². The van der Waals surface area contributed by atoms with E-state index in [1.807, 2.05) is 0 Å². The Morgan fingerprint density at radius 2 is 1.69 bits per heavy atom. The molecule has 0 bridgehead atoms. The molecule has 0 aliphatic heterocycles. The Hall–Kier alpha value is -1.55. The third-order valence-corrected chi connectivity index (χ3v) is 3.29. The second-order valence-electron chi connectivity index (χ2n) is 2.94. The van der Waals surface area contributed by atoms with Crippen LogP contribution in [-0.4, -0.2) is 14.2 Å². The van der Waals surface area contributed by atoms with Gasteiger partial charge in [-0.25, -0.2) is 8.42 Å². The number of nitrogens with zero attached hydrogens (tertiary/aromatic N) is 1. The van der Waals surface area contributed by atoms with Crippen LogP contribution in [0.3, 0.4) is 0 Å². The highest BCUT2D eigenvalue weighted by Crippen LogP contribution is 2.29. The minimum absolute atomic E-state index is 0.290. The highest BCUT2D eigenvalue weighted by atomic mass is 32.2. The number of alkyl halides is 3. The van der Waals surface area contributed by atoms with Gasteiger partial charge >= 0.3 is 6.18 Å². The molecule has 0 heterocycles. The summed E-state index contributed by atoms with van der Waals surface area (Å²) < 4.78 is 59.1. The van der Waals surface area contributed by atoms with Crippen molar-refractivity contribution in [3.05, 3.63) is 29.8 Å². The van der Waals surface area contributed by atoms with Crippen LogP contribution in [0.2, 0.25) is 0 Å². The number of hydrogen-bond donors (Lipinski definition) is 0. The van der Waals surface area contributed by atoms with Crippen LogP contribution in [0.5, 0.6) is 0 Å². The zero-order valence-electron chi connectivity index (χ0n) is 7.82. The predicted octanol–water partition coefficient (Wildman–Crippen LogP) is 2.00. The van der Waals surface area contributed by atoms with Gasteiger partial charge in [0.1, 0.15) is 5.75 Å². The number of halogens is 3. The van der Waals surface area contributed by atoms with Crippen LogP contribution in [0.15, 0.2) is 29.2 Å². The van der Waals surface area contributed by atoms with E-state index in [1.54, 1.807) is 0 Å². The third kappa shape index (κ3) is 2.73. The maximum absolute atomic E-state index is 12.2. The molecule has 1 aromatic rings. The minimum Gasteiger partial charge on any atom is -0.223 e. The number of nitriles is 1. The van der Waals surface area contributed by atoms with Crippen molar-refractivity contribution in [1.82, 2.24) is 0 Å². The lowest BCUT2D eigenvalue weighted by Gasteiger charge is -2.06. The van der Waals surface area contributed by atoms with Crippen molar-refractivity contribution in [3.8, 4) is 6.07 Å².